The summed E-state index contributed by atoms with van der Waals surface area (Å²) >= 11 is 0. The van der Waals surface area contributed by atoms with Gasteiger partial charge < -0.3 is 9.88 Å². The predicted octanol–water partition coefficient (Wildman–Crippen LogP) is 0.883. The highest BCUT2D eigenvalue weighted by Crippen LogP contribution is 1.98. The first-order valence-corrected chi connectivity index (χ1v) is 6.54. The fourth-order valence-corrected chi connectivity index (χ4v) is 1.85. The molecule has 0 saturated carbocycles. The van der Waals surface area contributed by atoms with Gasteiger partial charge in [-0.1, -0.05) is 0 Å². The fraction of sp³-hybridized carbons (Fsp3) is 0.600. The van der Waals surface area contributed by atoms with Gasteiger partial charge in [0.05, 0.1) is 0 Å². The van der Waals surface area contributed by atoms with Crippen LogP contribution in [0.15, 0.2) is 18.3 Å². The number of hydrogen-bond donors (Lipinski definition) is 1. The second kappa shape index (κ2) is 5.98. The molecule has 3 nitrogen and oxygen atoms in total. The largest absolute Gasteiger partial charge is 0.353 e. The van der Waals surface area contributed by atoms with Gasteiger partial charge in [-0.2, -0.15) is 0 Å². The minimum Gasteiger partial charge on any atom is -0.353 e. The summed E-state index contributed by atoms with van der Waals surface area (Å²) in [7, 11) is 1.38. The molecule has 4 heteroatoms. The van der Waals surface area contributed by atoms with Crippen LogP contribution in [0.2, 0.25) is 0 Å². The van der Waals surface area contributed by atoms with Crippen molar-refractivity contribution >= 4 is 10.8 Å². The molecule has 0 spiro atoms. The third kappa shape index (κ3) is 4.07. The molecule has 0 fully saturated rings. The molecule has 1 aromatic rings. The molecular weight excluding hydrogens is 196 g/mol. The molecule has 1 N–H and O–H groups in total. The Bertz CT molecular complexity index is 296. The summed E-state index contributed by atoms with van der Waals surface area (Å²) in [5.41, 5.74) is 1.28. The summed E-state index contributed by atoms with van der Waals surface area (Å²) in [4.78, 5) is 0. The van der Waals surface area contributed by atoms with Gasteiger partial charge in [0.2, 0.25) is 0 Å². The van der Waals surface area contributed by atoms with Crippen LogP contribution in [0, 0.1) is 0 Å². The minimum atomic E-state index is -0.655. The Balaban J connectivity index is 2.10. The molecule has 1 rings (SSSR count). The van der Waals surface area contributed by atoms with Crippen molar-refractivity contribution in [1.29, 1.82) is 0 Å². The molecule has 0 radical (unpaired) electrons. The van der Waals surface area contributed by atoms with E-state index in [9.17, 15) is 4.21 Å². The molecule has 1 atom stereocenters. The zero-order chi connectivity index (χ0) is 10.4. The van der Waals surface area contributed by atoms with Crippen LogP contribution in [-0.4, -0.2) is 27.3 Å². The summed E-state index contributed by atoms with van der Waals surface area (Å²) in [6, 6.07) is 4.14. The van der Waals surface area contributed by atoms with E-state index in [1.807, 2.05) is 19.3 Å². The van der Waals surface area contributed by atoms with Gasteiger partial charge in [-0.15, -0.1) is 0 Å². The monoisotopic (exact) mass is 214 g/mol. The van der Waals surface area contributed by atoms with Crippen LogP contribution in [-0.2, 0) is 24.4 Å². The van der Waals surface area contributed by atoms with Crippen LogP contribution in [0.4, 0.5) is 0 Å². The summed E-state index contributed by atoms with van der Waals surface area (Å²) in [5, 5.41) is 3.33. The topological polar surface area (TPSA) is 34.0 Å². The SMILES string of the molecule is Cn1cccc1CNCCCS(C)=O. The number of nitrogens with one attached hydrogen (secondary N) is 1. The van der Waals surface area contributed by atoms with Crippen molar-refractivity contribution in [3.63, 3.8) is 0 Å². The van der Waals surface area contributed by atoms with Gasteiger partial charge in [-0.05, 0) is 25.1 Å². The maximum atomic E-state index is 10.8. The van der Waals surface area contributed by atoms with Crippen molar-refractivity contribution in [1.82, 2.24) is 9.88 Å². The molecule has 1 heterocycles. The lowest BCUT2D eigenvalue weighted by atomic mass is 10.4. The Kier molecular flexibility index (Phi) is 4.90. The van der Waals surface area contributed by atoms with Gasteiger partial charge in [0.1, 0.15) is 0 Å². The zero-order valence-corrected chi connectivity index (χ0v) is 9.64. The van der Waals surface area contributed by atoms with E-state index in [2.05, 4.69) is 16.0 Å². The predicted molar refractivity (Wildman–Crippen MR) is 60.7 cm³/mol. The van der Waals surface area contributed by atoms with Gasteiger partial charge in [-0.25, -0.2) is 0 Å². The maximum Gasteiger partial charge on any atom is 0.0359 e. The highest BCUT2D eigenvalue weighted by molar-refractivity contribution is 7.84. The lowest BCUT2D eigenvalue weighted by molar-refractivity contribution is 0.640. The Morgan fingerprint density at radius 3 is 2.93 bits per heavy atom. The summed E-state index contributed by atoms with van der Waals surface area (Å²) in [6.45, 7) is 1.82. The highest BCUT2D eigenvalue weighted by Gasteiger charge is 1.96. The Hall–Kier alpha value is -0.610. The van der Waals surface area contributed by atoms with Gasteiger partial charge in [0.25, 0.3) is 0 Å². The molecule has 0 aliphatic rings. The maximum absolute atomic E-state index is 10.8. The van der Waals surface area contributed by atoms with Crippen molar-refractivity contribution in [2.24, 2.45) is 7.05 Å². The second-order valence-corrected chi connectivity index (χ2v) is 4.97. The summed E-state index contributed by atoms with van der Waals surface area (Å²) in [6.07, 6.45) is 4.77. The molecule has 0 bridgehead atoms. The molecule has 0 saturated heterocycles. The third-order valence-corrected chi connectivity index (χ3v) is 3.01. The highest BCUT2D eigenvalue weighted by atomic mass is 32.2. The Labute approximate surface area is 88.0 Å². The van der Waals surface area contributed by atoms with Crippen LogP contribution >= 0.6 is 0 Å². The quantitative estimate of drug-likeness (QED) is 0.713. The molecule has 0 aliphatic carbocycles. The van der Waals surface area contributed by atoms with Crippen molar-refractivity contribution in [2.75, 3.05) is 18.6 Å². The number of rotatable bonds is 6. The van der Waals surface area contributed by atoms with Crippen LogP contribution in [0.5, 0.6) is 0 Å². The number of nitrogens with zero attached hydrogens (tertiary/aromatic N) is 1. The lowest BCUT2D eigenvalue weighted by Gasteiger charge is -2.05. The fourth-order valence-electron chi connectivity index (χ4n) is 1.30. The summed E-state index contributed by atoms with van der Waals surface area (Å²) < 4.78 is 12.9. The lowest BCUT2D eigenvalue weighted by Crippen LogP contribution is -2.18. The molecule has 0 aliphatic heterocycles. The minimum absolute atomic E-state index is 0.655. The van der Waals surface area contributed by atoms with E-state index < -0.39 is 10.8 Å². The average Bonchev–Trinajstić information content (AvgIpc) is 2.51. The van der Waals surface area contributed by atoms with E-state index in [0.29, 0.717) is 0 Å². The number of aryl methyl sites for hydroxylation is 1. The Morgan fingerprint density at radius 1 is 1.57 bits per heavy atom. The first-order chi connectivity index (χ1) is 6.70. The van der Waals surface area contributed by atoms with Gasteiger partial charge in [0, 0.05) is 48.3 Å². The first-order valence-electron chi connectivity index (χ1n) is 4.81. The molecule has 1 unspecified atom stereocenters. The van der Waals surface area contributed by atoms with Crippen molar-refractivity contribution in [3.05, 3.63) is 24.0 Å². The third-order valence-electron chi connectivity index (χ3n) is 2.14. The van der Waals surface area contributed by atoms with Crippen LogP contribution in [0.25, 0.3) is 0 Å². The zero-order valence-electron chi connectivity index (χ0n) is 8.82. The van der Waals surface area contributed by atoms with E-state index in [0.717, 1.165) is 25.3 Å². The normalized spacial score (nSPS) is 13.0. The van der Waals surface area contributed by atoms with Gasteiger partial charge in [-0.3, -0.25) is 4.21 Å². The van der Waals surface area contributed by atoms with Gasteiger partial charge in [0.15, 0.2) is 0 Å². The molecule has 14 heavy (non-hydrogen) atoms. The number of aromatic nitrogens is 1. The van der Waals surface area contributed by atoms with E-state index in [1.54, 1.807) is 6.26 Å². The van der Waals surface area contributed by atoms with Crippen molar-refractivity contribution < 1.29 is 4.21 Å². The first kappa shape index (κ1) is 11.5. The molecule has 0 amide bonds. The molecule has 80 valence electrons. The van der Waals surface area contributed by atoms with Crippen molar-refractivity contribution in [3.8, 4) is 0 Å². The summed E-state index contributed by atoms with van der Waals surface area (Å²) in [5.74, 6) is 0.792. The standard InChI is InChI=1S/C10H18N2OS/c1-12-7-3-5-10(12)9-11-6-4-8-14(2)13/h3,5,7,11H,4,6,8-9H2,1-2H3. The van der Waals surface area contributed by atoms with E-state index in [4.69, 9.17) is 0 Å². The number of hydrogen-bond acceptors (Lipinski definition) is 2. The Morgan fingerprint density at radius 2 is 2.36 bits per heavy atom. The van der Waals surface area contributed by atoms with Crippen LogP contribution in [0.3, 0.4) is 0 Å². The average molecular weight is 214 g/mol. The van der Waals surface area contributed by atoms with E-state index in [1.165, 1.54) is 5.69 Å². The smallest absolute Gasteiger partial charge is 0.0359 e. The van der Waals surface area contributed by atoms with Crippen LogP contribution in [0.1, 0.15) is 12.1 Å². The van der Waals surface area contributed by atoms with Crippen LogP contribution < -0.4 is 5.32 Å². The second-order valence-electron chi connectivity index (χ2n) is 3.42. The van der Waals surface area contributed by atoms with Gasteiger partial charge >= 0.3 is 0 Å². The molecule has 0 aromatic carbocycles. The van der Waals surface area contributed by atoms with Crippen molar-refractivity contribution in [2.45, 2.75) is 13.0 Å². The molecule has 1 aromatic heterocycles. The van der Waals surface area contributed by atoms with E-state index >= 15 is 0 Å². The molecular formula is C10H18N2OS. The van der Waals surface area contributed by atoms with E-state index in [-0.39, 0.29) is 0 Å².